The molecule has 12 aromatic rings. The molecule has 16 rings (SSSR count). The highest BCUT2D eigenvalue weighted by Crippen LogP contribution is 2.55. The van der Waals surface area contributed by atoms with Gasteiger partial charge in [0.15, 0.2) is 0 Å². The van der Waals surface area contributed by atoms with Crippen LogP contribution in [0.1, 0.15) is 105 Å². The van der Waals surface area contributed by atoms with Gasteiger partial charge in [-0.25, -0.2) is 0 Å². The molecule has 0 aliphatic heterocycles. The van der Waals surface area contributed by atoms with E-state index in [0.29, 0.717) is 0 Å². The summed E-state index contributed by atoms with van der Waals surface area (Å²) in [6, 6.07) is 88.3. The molecule has 0 saturated heterocycles. The highest BCUT2D eigenvalue weighted by Gasteiger charge is 2.39. The molecule has 398 valence electrons. The second-order valence-electron chi connectivity index (χ2n) is 25.5. The van der Waals surface area contributed by atoms with E-state index in [0.717, 1.165) is 34.1 Å². The molecule has 0 radical (unpaired) electrons. The average molecular weight is 1060 g/mol. The van der Waals surface area contributed by atoms with Crippen molar-refractivity contribution in [2.24, 2.45) is 0 Å². The Balaban J connectivity index is 0.000000331. The van der Waals surface area contributed by atoms with Gasteiger partial charge in [0.25, 0.3) is 0 Å². The van der Waals surface area contributed by atoms with Gasteiger partial charge < -0.3 is 14.8 Å². The van der Waals surface area contributed by atoms with Gasteiger partial charge in [-0.05, 0) is 186 Å². The molecule has 11 aromatic carbocycles. The van der Waals surface area contributed by atoms with E-state index in [1.165, 1.54) is 116 Å². The highest BCUT2D eigenvalue weighted by atomic mass is 15.1. The molecule has 82 heavy (non-hydrogen) atoms. The predicted molar refractivity (Wildman–Crippen MR) is 347 cm³/mol. The van der Waals surface area contributed by atoms with Crippen LogP contribution in [0.3, 0.4) is 0 Å². The number of hydrogen-bond acceptors (Lipinski definition) is 2. The average Bonchev–Trinajstić information content (AvgIpc) is 2.80. The van der Waals surface area contributed by atoms with Crippen LogP contribution in [0.2, 0.25) is 0 Å². The van der Waals surface area contributed by atoms with Crippen molar-refractivity contribution in [1.29, 1.82) is 0 Å². The third-order valence-corrected chi connectivity index (χ3v) is 19.3. The van der Waals surface area contributed by atoms with E-state index in [1.807, 2.05) is 0 Å². The van der Waals surface area contributed by atoms with Crippen LogP contribution in [-0.2, 0) is 21.7 Å². The van der Waals surface area contributed by atoms with E-state index in [2.05, 4.69) is 314 Å². The number of aryl methyl sites for hydroxylation is 1. The van der Waals surface area contributed by atoms with E-state index >= 15 is 0 Å². The van der Waals surface area contributed by atoms with Gasteiger partial charge in [0.1, 0.15) is 0 Å². The summed E-state index contributed by atoms with van der Waals surface area (Å²) in [5, 5.41) is 6.27. The lowest BCUT2D eigenvalue weighted by atomic mass is 9.82. The topological polar surface area (TPSA) is 20.2 Å². The summed E-state index contributed by atoms with van der Waals surface area (Å²) in [7, 11) is 0. The molecule has 3 nitrogen and oxygen atoms in total. The van der Waals surface area contributed by atoms with Crippen molar-refractivity contribution < 1.29 is 0 Å². The third kappa shape index (κ3) is 7.34. The van der Waals surface area contributed by atoms with Gasteiger partial charge in [0, 0.05) is 66.6 Å². The lowest BCUT2D eigenvalue weighted by Gasteiger charge is -2.30. The van der Waals surface area contributed by atoms with Crippen molar-refractivity contribution in [2.45, 2.75) is 84.0 Å². The number of rotatable bonds is 6. The first kappa shape index (κ1) is 49.8. The van der Waals surface area contributed by atoms with Crippen LogP contribution in [0.4, 0.5) is 28.4 Å². The standard InChI is InChI=1S/C64H53N3.C15H14/c1-39-15-14-16-42(33-39)67-60-31-24-40(65-41-23-28-49-46-17-8-11-20-54(46)62(2,3)57(49)35-41)34-52(60)53-36-43(27-32-61(53)67)66(44-25-29-50-47-18-9-12-21-55(47)63(4,5)58(50)37-44)45-26-30-51-48-19-10-13-22-56(48)64(6,7)59(51)38-45;1-15(2)13-9-5-3-7-11(13)12-8-4-6-10-14(12)15/h8-38,65H,1-7H3;3-10H,1-2H3. The van der Waals surface area contributed by atoms with E-state index in [4.69, 9.17) is 0 Å². The molecule has 1 N–H and O–H groups in total. The van der Waals surface area contributed by atoms with E-state index in [1.54, 1.807) is 0 Å². The fourth-order valence-electron chi connectivity index (χ4n) is 15.0. The molecule has 0 bridgehead atoms. The number of aromatic nitrogens is 1. The lowest BCUT2D eigenvalue weighted by molar-refractivity contribution is 0.660. The van der Waals surface area contributed by atoms with Crippen molar-refractivity contribution in [3.8, 4) is 50.2 Å². The molecule has 1 aromatic heterocycles. The van der Waals surface area contributed by atoms with E-state index < -0.39 is 0 Å². The van der Waals surface area contributed by atoms with Gasteiger partial charge in [0.05, 0.1) is 11.0 Å². The Morgan fingerprint density at radius 3 is 1.10 bits per heavy atom. The third-order valence-electron chi connectivity index (χ3n) is 19.3. The number of anilines is 5. The number of nitrogens with zero attached hydrogens (tertiary/aromatic N) is 2. The minimum Gasteiger partial charge on any atom is -0.355 e. The Labute approximate surface area is 483 Å². The fraction of sp³-hybridized carbons (Fsp3) is 0.165. The zero-order valence-corrected chi connectivity index (χ0v) is 48.4. The second-order valence-corrected chi connectivity index (χ2v) is 25.5. The molecule has 0 unspecified atom stereocenters. The summed E-state index contributed by atoms with van der Waals surface area (Å²) < 4.78 is 2.44. The van der Waals surface area contributed by atoms with Gasteiger partial charge in [-0.1, -0.05) is 207 Å². The minimum atomic E-state index is -0.137. The summed E-state index contributed by atoms with van der Waals surface area (Å²) in [4.78, 5) is 2.50. The predicted octanol–water partition coefficient (Wildman–Crippen LogP) is 21.2. The molecule has 0 fully saturated rings. The van der Waals surface area contributed by atoms with E-state index in [9.17, 15) is 0 Å². The summed E-state index contributed by atoms with van der Waals surface area (Å²) >= 11 is 0. The molecule has 0 spiro atoms. The molecule has 0 amide bonds. The first-order valence-corrected chi connectivity index (χ1v) is 29.2. The van der Waals surface area contributed by atoms with Crippen molar-refractivity contribution in [3.05, 3.63) is 287 Å². The molecule has 4 aliphatic carbocycles. The molecule has 1 heterocycles. The summed E-state index contributed by atoms with van der Waals surface area (Å²) in [5.74, 6) is 0. The maximum Gasteiger partial charge on any atom is 0.0542 e. The highest BCUT2D eigenvalue weighted by molar-refractivity contribution is 6.12. The van der Waals surface area contributed by atoms with Gasteiger partial charge in [-0.15, -0.1) is 0 Å². The minimum absolute atomic E-state index is 0.0752. The van der Waals surface area contributed by atoms with Crippen LogP contribution >= 0.6 is 0 Å². The van der Waals surface area contributed by atoms with Crippen LogP contribution in [0.15, 0.2) is 237 Å². The quantitative estimate of drug-likeness (QED) is 0.179. The Bertz CT molecular complexity index is 4480. The van der Waals surface area contributed by atoms with Crippen LogP contribution in [0, 0.1) is 6.92 Å². The van der Waals surface area contributed by atoms with Crippen LogP contribution in [-0.4, -0.2) is 4.57 Å². The van der Waals surface area contributed by atoms with Gasteiger partial charge in [0.2, 0.25) is 0 Å². The van der Waals surface area contributed by atoms with Crippen LogP contribution in [0.5, 0.6) is 0 Å². The Morgan fingerprint density at radius 1 is 0.293 bits per heavy atom. The first-order valence-electron chi connectivity index (χ1n) is 29.2. The fourth-order valence-corrected chi connectivity index (χ4v) is 15.0. The van der Waals surface area contributed by atoms with Crippen LogP contribution < -0.4 is 10.2 Å². The van der Waals surface area contributed by atoms with Crippen molar-refractivity contribution in [3.63, 3.8) is 0 Å². The maximum absolute atomic E-state index is 3.86. The zero-order chi connectivity index (χ0) is 56.0. The smallest absolute Gasteiger partial charge is 0.0542 e. The van der Waals surface area contributed by atoms with E-state index in [-0.39, 0.29) is 21.7 Å². The van der Waals surface area contributed by atoms with Crippen molar-refractivity contribution in [2.75, 3.05) is 10.2 Å². The monoisotopic (exact) mass is 1060 g/mol. The van der Waals surface area contributed by atoms with Crippen molar-refractivity contribution >= 4 is 50.2 Å². The summed E-state index contributed by atoms with van der Waals surface area (Å²) in [6.07, 6.45) is 0. The van der Waals surface area contributed by atoms with Gasteiger partial charge in [-0.2, -0.15) is 0 Å². The molecule has 3 heteroatoms. The molecule has 0 atom stereocenters. The molecule has 4 aliphatic rings. The molecular weight excluding hydrogens is 991 g/mol. The SMILES string of the molecule is CC1(C)c2ccccc2-c2ccccc21.Cc1cccc(-n2c3ccc(Nc4ccc5c(c4)C(C)(C)c4ccccc4-5)cc3c3cc(N(c4ccc5c(c4)C(C)(C)c4ccccc4-5)c4ccc5c(c4)C(C)(C)c4ccccc4-5)ccc32)c1. The Morgan fingerprint density at radius 2 is 0.634 bits per heavy atom. The molecule has 0 saturated carbocycles. The Hall–Kier alpha value is -9.18. The largest absolute Gasteiger partial charge is 0.355 e. The van der Waals surface area contributed by atoms with Crippen molar-refractivity contribution in [1.82, 2.24) is 4.57 Å². The first-order chi connectivity index (χ1) is 39.6. The van der Waals surface area contributed by atoms with Gasteiger partial charge >= 0.3 is 0 Å². The lowest BCUT2D eigenvalue weighted by Crippen LogP contribution is -2.18. The van der Waals surface area contributed by atoms with Gasteiger partial charge in [-0.3, -0.25) is 0 Å². The second kappa shape index (κ2) is 17.9. The normalized spacial score (nSPS) is 15.3. The zero-order valence-electron chi connectivity index (χ0n) is 48.4. The number of hydrogen-bond donors (Lipinski definition) is 1. The Kier molecular flexibility index (Phi) is 10.9. The van der Waals surface area contributed by atoms with Crippen LogP contribution in [0.25, 0.3) is 72.0 Å². The number of fused-ring (bicyclic) bond motifs is 15. The number of benzene rings is 11. The maximum atomic E-state index is 3.86. The summed E-state index contributed by atoms with van der Waals surface area (Å²) in [5.41, 5.74) is 32.1. The summed E-state index contributed by atoms with van der Waals surface area (Å²) in [6.45, 7) is 21.0. The molecular formula is C79H67N3. The number of nitrogens with one attached hydrogen (secondary N) is 1.